The van der Waals surface area contributed by atoms with Crippen molar-refractivity contribution in [2.24, 2.45) is 7.05 Å². The average Bonchev–Trinajstić information content (AvgIpc) is 2.54. The quantitative estimate of drug-likeness (QED) is 0.601. The molecular formula is C11H16N2OS2. The minimum absolute atomic E-state index is 0.113. The normalized spacial score (nSPS) is 19.2. The van der Waals surface area contributed by atoms with Crippen molar-refractivity contribution in [2.75, 3.05) is 0 Å². The van der Waals surface area contributed by atoms with Crippen molar-refractivity contribution in [3.8, 4) is 0 Å². The predicted molar refractivity (Wildman–Crippen MR) is 69.5 cm³/mol. The zero-order valence-electron chi connectivity index (χ0n) is 9.98. The van der Waals surface area contributed by atoms with E-state index in [1.807, 2.05) is 7.05 Å². The highest BCUT2D eigenvalue weighted by atomic mass is 32.2. The fraction of sp³-hybridized carbons (Fsp3) is 0.636. The molecule has 88 valence electrons. The molecule has 0 amide bonds. The van der Waals surface area contributed by atoms with Gasteiger partial charge in [0.25, 0.3) is 5.56 Å². The molecule has 0 radical (unpaired) electrons. The van der Waals surface area contributed by atoms with Crippen LogP contribution in [0.1, 0.15) is 26.5 Å². The van der Waals surface area contributed by atoms with Crippen LogP contribution in [0.4, 0.5) is 0 Å². The molecule has 0 aromatic carbocycles. The first-order valence-corrected chi connectivity index (χ1v) is 7.18. The molecule has 0 saturated carbocycles. The van der Waals surface area contributed by atoms with E-state index in [9.17, 15) is 4.79 Å². The first kappa shape index (κ1) is 12.0. The Bertz CT molecular complexity index is 468. The summed E-state index contributed by atoms with van der Waals surface area (Å²) in [5, 5.41) is 1.77. The smallest absolute Gasteiger partial charge is 0.267 e. The number of nitrogens with zero attached hydrogens (tertiary/aromatic N) is 2. The lowest BCUT2D eigenvalue weighted by Gasteiger charge is -2.10. The Morgan fingerprint density at radius 1 is 1.56 bits per heavy atom. The second-order valence-electron chi connectivity index (χ2n) is 4.33. The molecule has 1 aromatic heterocycles. The van der Waals surface area contributed by atoms with E-state index in [4.69, 9.17) is 0 Å². The number of hydrogen-bond donors (Lipinski definition) is 0. The van der Waals surface area contributed by atoms with Gasteiger partial charge in [0, 0.05) is 24.0 Å². The molecule has 0 aliphatic carbocycles. The molecule has 0 unspecified atom stereocenters. The Morgan fingerprint density at radius 3 is 2.88 bits per heavy atom. The van der Waals surface area contributed by atoms with Crippen LogP contribution >= 0.6 is 23.5 Å². The van der Waals surface area contributed by atoms with Crippen molar-refractivity contribution in [3.05, 3.63) is 16.0 Å². The van der Waals surface area contributed by atoms with Gasteiger partial charge in [-0.3, -0.25) is 9.36 Å². The van der Waals surface area contributed by atoms with Crippen molar-refractivity contribution in [1.29, 1.82) is 0 Å². The molecule has 2 rings (SSSR count). The Hall–Kier alpha value is -0.420. The third-order valence-corrected chi connectivity index (χ3v) is 4.68. The summed E-state index contributed by atoms with van der Waals surface area (Å²) in [4.78, 5) is 17.6. The molecule has 0 bridgehead atoms. The maximum Gasteiger partial charge on any atom is 0.267 e. The Kier molecular flexibility index (Phi) is 3.35. The molecule has 5 heteroatoms. The number of aromatic nitrogens is 2. The van der Waals surface area contributed by atoms with E-state index in [-0.39, 0.29) is 5.56 Å². The summed E-state index contributed by atoms with van der Waals surface area (Å²) in [6, 6.07) is 0. The van der Waals surface area contributed by atoms with Crippen LogP contribution in [-0.4, -0.2) is 20.1 Å². The third kappa shape index (κ3) is 2.15. The van der Waals surface area contributed by atoms with E-state index < -0.39 is 0 Å². The van der Waals surface area contributed by atoms with Crippen molar-refractivity contribution in [3.63, 3.8) is 0 Å². The molecule has 1 aliphatic rings. The summed E-state index contributed by atoms with van der Waals surface area (Å²) in [6.07, 6.45) is 0.918. The van der Waals surface area contributed by atoms with Crippen molar-refractivity contribution < 1.29 is 0 Å². The minimum Gasteiger partial charge on any atom is -0.290 e. The Labute approximate surface area is 104 Å². The standard InChI is InChI=1S/C11H16N2OS2/c1-6(2)15-11-12-8-5-7(3)16-9(8)10(14)13(11)4/h6-7H,5H2,1-4H3/t7-/m1/s1. The molecule has 0 saturated heterocycles. The summed E-state index contributed by atoms with van der Waals surface area (Å²) in [5.41, 5.74) is 1.10. The van der Waals surface area contributed by atoms with Gasteiger partial charge in [-0.05, 0) is 0 Å². The van der Waals surface area contributed by atoms with Gasteiger partial charge in [-0.25, -0.2) is 4.98 Å². The minimum atomic E-state index is 0.113. The number of rotatable bonds is 2. The van der Waals surface area contributed by atoms with Gasteiger partial charge in [0.1, 0.15) is 0 Å². The number of fused-ring (bicyclic) bond motifs is 1. The van der Waals surface area contributed by atoms with Crippen LogP contribution in [-0.2, 0) is 13.5 Å². The summed E-state index contributed by atoms with van der Waals surface area (Å²) in [5.74, 6) is 0. The largest absolute Gasteiger partial charge is 0.290 e. The predicted octanol–water partition coefficient (Wildman–Crippen LogP) is 2.32. The zero-order chi connectivity index (χ0) is 11.9. The highest BCUT2D eigenvalue weighted by Crippen LogP contribution is 2.34. The molecule has 1 aromatic rings. The lowest BCUT2D eigenvalue weighted by Crippen LogP contribution is -2.22. The van der Waals surface area contributed by atoms with E-state index in [0.29, 0.717) is 10.5 Å². The molecular weight excluding hydrogens is 240 g/mol. The van der Waals surface area contributed by atoms with E-state index in [1.165, 1.54) is 0 Å². The summed E-state index contributed by atoms with van der Waals surface area (Å²) in [6.45, 7) is 6.36. The summed E-state index contributed by atoms with van der Waals surface area (Å²) >= 11 is 3.30. The van der Waals surface area contributed by atoms with Crippen LogP contribution in [0.5, 0.6) is 0 Å². The van der Waals surface area contributed by atoms with Crippen LogP contribution in [0.3, 0.4) is 0 Å². The van der Waals surface area contributed by atoms with Crippen LogP contribution in [0.25, 0.3) is 0 Å². The Balaban J connectivity index is 2.48. The molecule has 3 nitrogen and oxygen atoms in total. The van der Waals surface area contributed by atoms with Gasteiger partial charge in [0.2, 0.25) is 0 Å². The van der Waals surface area contributed by atoms with Crippen LogP contribution < -0.4 is 5.56 Å². The van der Waals surface area contributed by atoms with Gasteiger partial charge in [-0.1, -0.05) is 32.5 Å². The van der Waals surface area contributed by atoms with Crippen molar-refractivity contribution >= 4 is 23.5 Å². The van der Waals surface area contributed by atoms with Crippen molar-refractivity contribution in [1.82, 2.24) is 9.55 Å². The zero-order valence-corrected chi connectivity index (χ0v) is 11.6. The third-order valence-electron chi connectivity index (χ3n) is 2.42. The summed E-state index contributed by atoms with van der Waals surface area (Å²) < 4.78 is 1.68. The monoisotopic (exact) mass is 256 g/mol. The van der Waals surface area contributed by atoms with Crippen LogP contribution in [0.2, 0.25) is 0 Å². The topological polar surface area (TPSA) is 34.9 Å². The van der Waals surface area contributed by atoms with E-state index in [2.05, 4.69) is 25.8 Å². The molecule has 0 fully saturated rings. The number of hydrogen-bond acceptors (Lipinski definition) is 4. The second kappa shape index (κ2) is 4.45. The fourth-order valence-corrected chi connectivity index (χ4v) is 3.66. The fourth-order valence-electron chi connectivity index (χ4n) is 1.69. The number of thioether (sulfide) groups is 2. The van der Waals surface area contributed by atoms with E-state index >= 15 is 0 Å². The maximum absolute atomic E-state index is 12.1. The lowest BCUT2D eigenvalue weighted by molar-refractivity contribution is 0.664. The van der Waals surface area contributed by atoms with Gasteiger partial charge in [-0.15, -0.1) is 11.8 Å². The summed E-state index contributed by atoms with van der Waals surface area (Å²) in [7, 11) is 1.81. The molecule has 1 atom stereocenters. The molecule has 16 heavy (non-hydrogen) atoms. The highest BCUT2D eigenvalue weighted by Gasteiger charge is 2.25. The SMILES string of the molecule is CC(C)Sc1nc2c(c(=O)n1C)S[C@H](C)C2. The van der Waals surface area contributed by atoms with Crippen LogP contribution in [0, 0.1) is 0 Å². The maximum atomic E-state index is 12.1. The van der Waals surface area contributed by atoms with Gasteiger partial charge in [0.05, 0.1) is 10.6 Å². The second-order valence-corrected chi connectivity index (χ2v) is 7.33. The van der Waals surface area contributed by atoms with Crippen molar-refractivity contribution in [2.45, 2.75) is 47.7 Å². The van der Waals surface area contributed by atoms with Gasteiger partial charge >= 0.3 is 0 Å². The van der Waals surface area contributed by atoms with Gasteiger partial charge < -0.3 is 0 Å². The van der Waals surface area contributed by atoms with Crippen LogP contribution in [0.15, 0.2) is 14.8 Å². The van der Waals surface area contributed by atoms with Gasteiger partial charge in [-0.2, -0.15) is 0 Å². The van der Waals surface area contributed by atoms with Gasteiger partial charge in [0.15, 0.2) is 5.16 Å². The first-order chi connectivity index (χ1) is 7.49. The molecule has 0 N–H and O–H groups in total. The lowest BCUT2D eigenvalue weighted by atomic mass is 10.2. The highest BCUT2D eigenvalue weighted by molar-refractivity contribution is 8.00. The van der Waals surface area contributed by atoms with E-state index in [0.717, 1.165) is 22.2 Å². The first-order valence-electron chi connectivity index (χ1n) is 5.42. The average molecular weight is 256 g/mol. The molecule has 1 aliphatic heterocycles. The van der Waals surface area contributed by atoms with E-state index in [1.54, 1.807) is 28.1 Å². The Morgan fingerprint density at radius 2 is 2.25 bits per heavy atom. The molecule has 0 spiro atoms. The molecule has 2 heterocycles.